The number of ether oxygens (including phenoxy) is 4. The number of nitrogens with one attached hydrogen (secondary N) is 5. The molecule has 11 rings (SSSR count). The average Bonchev–Trinajstić information content (AvgIpc) is 1.60. The van der Waals surface area contributed by atoms with Crippen LogP contribution in [0.3, 0.4) is 0 Å². The Balaban J connectivity index is 0.782. The number of aromatic carboxylic acids is 1. The number of amides is 2. The van der Waals surface area contributed by atoms with Gasteiger partial charge in [-0.1, -0.05) is 81.1 Å². The standard InChI is InChI=1S/C84H84N12O17/c1-9-53-43(3)59-38-61-45(5)55(76(91-61)57(37-73(101)102)77-75(83(108)109)46(6)62(92-77)40-64-54(10-2)44(4)60(90-64)39-63(53)89-59)24-30-71(100)94-72(36-47-14-12-11-13-15-47)113-68-29-19-49(35-70(68)111-8)17-27-66(98)56(65(97)26-16-48-18-28-67(99)69(34-48)110-7)32-33-112-74(103)31-25-58(82(106)107)93-80(104)50-20-22-51(23-21-50)86-41-52-42-87-79-78(88-52)81(105)96-84(85)95-79/h9,11-23,26-29,34-35,38-40,42,45,55-56,58,72,86,89,92,99H,1,10,24-25,30-33,36-37,41H2,2-8H3,(H,93,104)(H,94,100)(H,101,102)(H,106,107)(H,108,109)(H3,85,87,95,96,105)/b26-16+,27-17+,59-38?,60-39?,61-38?,62-40?,63-39?,64-40?,76-57?,77-57?/t45?,55-,56?,58?,72?/m0/s1. The zero-order valence-electron chi connectivity index (χ0n) is 62.9. The van der Waals surface area contributed by atoms with E-state index in [1.165, 1.54) is 75.1 Å². The Labute approximate surface area is 647 Å². The minimum absolute atomic E-state index is 0.0536. The Morgan fingerprint density at radius 3 is 2.09 bits per heavy atom. The van der Waals surface area contributed by atoms with Crippen LogP contribution in [0.1, 0.15) is 159 Å². The molecule has 29 heteroatoms. The highest BCUT2D eigenvalue weighted by Crippen LogP contribution is 2.44. The number of benzene rings is 4. The van der Waals surface area contributed by atoms with Crippen LogP contribution in [0.2, 0.25) is 0 Å². The molecule has 113 heavy (non-hydrogen) atoms. The highest BCUT2D eigenvalue weighted by Gasteiger charge is 2.35. The Kier molecular flexibility index (Phi) is 25.3. The van der Waals surface area contributed by atoms with Crippen molar-refractivity contribution in [2.75, 3.05) is 31.9 Å². The SMILES string of the molecule is C=Cc1c(C)c2cc3nc(c(CC(=O)O)c4[nH]c(cc5nc(cc1[nH]2)C(C)=C5CC)c(C)c4C(=O)O)[C@@H](CCC(=O)NC(Cc1ccccc1)Oc1ccc(/C=C/C(=O)C(CCOC(=O)CCC(NC(=O)c2ccc(NCc4cnc5nc(N)nc(O)c5n4)cc2)C(=O)O)C(=O)/C=C/c2ccc(O)c(OC)c2)cc1OC)C3C. The van der Waals surface area contributed by atoms with Crippen molar-refractivity contribution in [3.63, 3.8) is 0 Å². The second-order valence-electron chi connectivity index (χ2n) is 27.1. The van der Waals surface area contributed by atoms with E-state index in [0.717, 1.165) is 33.4 Å². The molecule has 0 saturated carbocycles. The molecule has 2 amide bonds. The Morgan fingerprint density at radius 1 is 0.726 bits per heavy atom. The smallest absolute Gasteiger partial charge is 0.338 e. The third-order valence-electron chi connectivity index (χ3n) is 19.8. The number of nitrogens with two attached hydrogens (primary N) is 1. The molecule has 4 unspecified atom stereocenters. The van der Waals surface area contributed by atoms with Crippen LogP contribution in [0.15, 0.2) is 134 Å². The molecular formula is C84H84N12O17. The number of aliphatic carboxylic acids is 2. The summed E-state index contributed by atoms with van der Waals surface area (Å²) in [5.41, 5.74) is 16.7. The van der Waals surface area contributed by atoms with Gasteiger partial charge in [0, 0.05) is 75.7 Å². The van der Waals surface area contributed by atoms with Crippen molar-refractivity contribution in [1.29, 1.82) is 0 Å². The van der Waals surface area contributed by atoms with Crippen LogP contribution in [0.4, 0.5) is 11.6 Å². The quantitative estimate of drug-likeness (QED) is 0.00787. The van der Waals surface area contributed by atoms with Gasteiger partial charge in [0.25, 0.3) is 5.91 Å². The molecule has 12 N–H and O–H groups in total. The summed E-state index contributed by atoms with van der Waals surface area (Å²) in [6, 6.07) is 28.6. The van der Waals surface area contributed by atoms with Crippen LogP contribution >= 0.6 is 0 Å². The summed E-state index contributed by atoms with van der Waals surface area (Å²) in [6.45, 7) is 13.4. The summed E-state index contributed by atoms with van der Waals surface area (Å²) in [4.78, 5) is 141. The van der Waals surface area contributed by atoms with Crippen LogP contribution < -0.4 is 35.9 Å². The number of H-pyrrole nitrogens is 2. The first-order chi connectivity index (χ1) is 54.2. The maximum Gasteiger partial charge on any atom is 0.338 e. The molecule has 29 nitrogen and oxygen atoms in total. The highest BCUT2D eigenvalue weighted by atomic mass is 16.5. The fourth-order valence-electron chi connectivity index (χ4n) is 13.7. The van der Waals surface area contributed by atoms with E-state index < -0.39 is 103 Å². The van der Waals surface area contributed by atoms with Gasteiger partial charge in [-0.05, 0) is 164 Å². The number of allylic oxidation sites excluding steroid dienone is 4. The van der Waals surface area contributed by atoms with Crippen LogP contribution in [0.5, 0.6) is 28.9 Å². The molecule has 0 fully saturated rings. The first-order valence-electron chi connectivity index (χ1n) is 36.3. The number of rotatable bonds is 33. The van der Waals surface area contributed by atoms with Gasteiger partial charge in [-0.3, -0.25) is 33.8 Å². The number of aromatic nitrogens is 8. The zero-order chi connectivity index (χ0) is 80.9. The highest BCUT2D eigenvalue weighted by molar-refractivity contribution is 6.13. The van der Waals surface area contributed by atoms with E-state index in [1.807, 2.05) is 70.2 Å². The molecule has 7 heterocycles. The summed E-state index contributed by atoms with van der Waals surface area (Å²) in [6.07, 6.45) is 6.39. The van der Waals surface area contributed by atoms with E-state index in [9.17, 15) is 63.9 Å². The van der Waals surface area contributed by atoms with Gasteiger partial charge in [-0.2, -0.15) is 9.97 Å². The fourth-order valence-corrected chi connectivity index (χ4v) is 13.7. The number of ketones is 2. The number of fused-ring (bicyclic) bond motifs is 9. The molecule has 9 aromatic rings. The second-order valence-corrected chi connectivity index (χ2v) is 27.1. The first-order valence-corrected chi connectivity index (χ1v) is 36.3. The van der Waals surface area contributed by atoms with Crippen LogP contribution in [-0.2, 0) is 52.9 Å². The number of hydrogen-bond acceptors (Lipinski definition) is 22. The lowest BCUT2D eigenvalue weighted by atomic mass is 9.85. The van der Waals surface area contributed by atoms with Gasteiger partial charge in [-0.15, -0.1) is 0 Å². The maximum atomic E-state index is 14.6. The van der Waals surface area contributed by atoms with E-state index >= 15 is 0 Å². The Hall–Kier alpha value is -13.9. The number of phenolic OH excluding ortho intramolecular Hbond substituents is 1. The van der Waals surface area contributed by atoms with Gasteiger partial charge in [0.1, 0.15) is 6.04 Å². The second kappa shape index (κ2) is 35.7. The summed E-state index contributed by atoms with van der Waals surface area (Å²) < 4.78 is 23.1. The number of carboxylic acid groups (broad SMARTS) is 3. The number of carboxylic acids is 3. The minimum Gasteiger partial charge on any atom is -0.504 e. The number of anilines is 2. The van der Waals surface area contributed by atoms with Crippen LogP contribution in [0.25, 0.3) is 62.6 Å². The van der Waals surface area contributed by atoms with Crippen LogP contribution in [-0.4, -0.2) is 146 Å². The summed E-state index contributed by atoms with van der Waals surface area (Å²) in [5, 5.41) is 60.5. The molecule has 5 atom stereocenters. The van der Waals surface area contributed by atoms with Crippen molar-refractivity contribution < 1.29 is 82.8 Å². The third kappa shape index (κ3) is 19.1. The van der Waals surface area contributed by atoms with Gasteiger partial charge in [0.2, 0.25) is 17.7 Å². The molecule has 0 radical (unpaired) electrons. The van der Waals surface area contributed by atoms with Crippen molar-refractivity contribution in [1.82, 2.24) is 50.5 Å². The molecule has 5 aromatic heterocycles. The number of phenols is 1. The first kappa shape index (κ1) is 80.2. The predicted octanol–water partition coefficient (Wildman–Crippen LogP) is 12.1. The lowest BCUT2D eigenvalue weighted by Gasteiger charge is -2.23. The average molecular weight is 1530 g/mol. The van der Waals surface area contributed by atoms with Gasteiger partial charge >= 0.3 is 23.9 Å². The molecule has 8 bridgehead atoms. The van der Waals surface area contributed by atoms with E-state index in [2.05, 4.69) is 52.4 Å². The zero-order valence-corrected chi connectivity index (χ0v) is 62.9. The van der Waals surface area contributed by atoms with Crippen molar-refractivity contribution in [3.05, 3.63) is 213 Å². The number of carbonyl (C=O) groups is 8. The molecule has 0 aliphatic carbocycles. The van der Waals surface area contributed by atoms with Gasteiger partial charge in [-0.25, -0.2) is 24.5 Å². The number of aromatic amines is 2. The number of aromatic hydroxyl groups is 2. The number of carbonyl (C=O) groups excluding carboxylic acids is 5. The third-order valence-corrected chi connectivity index (χ3v) is 19.8. The number of nitrogen functional groups attached to an aromatic ring is 1. The molecule has 0 saturated heterocycles. The normalized spacial score (nSPS) is 14.1. The largest absolute Gasteiger partial charge is 0.504 e. The molecule has 0 spiro atoms. The van der Waals surface area contributed by atoms with Crippen molar-refractivity contribution in [2.45, 2.75) is 117 Å². The van der Waals surface area contributed by atoms with E-state index in [4.69, 9.17) is 34.6 Å². The molecule has 582 valence electrons. The van der Waals surface area contributed by atoms with Gasteiger partial charge < -0.3 is 76.1 Å². The number of aryl methyl sites for hydroxylation is 2. The van der Waals surface area contributed by atoms with E-state index in [1.54, 1.807) is 49.4 Å². The number of nitrogens with zero attached hydrogens (tertiary/aromatic N) is 6. The van der Waals surface area contributed by atoms with E-state index in [0.29, 0.717) is 68.3 Å². The van der Waals surface area contributed by atoms with Crippen molar-refractivity contribution in [2.24, 2.45) is 5.92 Å². The lowest BCUT2D eigenvalue weighted by Crippen LogP contribution is -2.41. The fraction of sp³-hybridized carbons (Fsp3) is 0.262. The number of methoxy groups -OCH3 is 2. The van der Waals surface area contributed by atoms with Crippen molar-refractivity contribution >= 4 is 121 Å². The van der Waals surface area contributed by atoms with Gasteiger partial charge in [0.05, 0.1) is 79.8 Å². The topological polar surface area (TPSA) is 446 Å². The van der Waals surface area contributed by atoms with Crippen LogP contribution in [0, 0.1) is 19.8 Å². The molecule has 2 aliphatic rings. The van der Waals surface area contributed by atoms with Gasteiger partial charge in [0.15, 0.2) is 52.0 Å². The molecule has 4 aromatic carbocycles. The number of hydrogen-bond donors (Lipinski definition) is 11. The van der Waals surface area contributed by atoms with E-state index in [-0.39, 0.29) is 101 Å². The van der Waals surface area contributed by atoms with Crippen molar-refractivity contribution in [3.8, 4) is 28.9 Å². The molecule has 2 aliphatic heterocycles. The Morgan fingerprint density at radius 2 is 1.42 bits per heavy atom. The number of esters is 1. The summed E-state index contributed by atoms with van der Waals surface area (Å²) in [7, 11) is 2.76. The summed E-state index contributed by atoms with van der Waals surface area (Å²) in [5.74, 6) is -10.1. The minimum atomic E-state index is -1.53. The monoisotopic (exact) mass is 1530 g/mol. The predicted molar refractivity (Wildman–Crippen MR) is 423 cm³/mol. The maximum absolute atomic E-state index is 14.6. The summed E-state index contributed by atoms with van der Waals surface area (Å²) >= 11 is 0. The lowest BCUT2D eigenvalue weighted by molar-refractivity contribution is -0.146. The Bertz CT molecular complexity index is 5520. The molecular weight excluding hydrogens is 1450 g/mol.